The predicted molar refractivity (Wildman–Crippen MR) is 98.7 cm³/mol. The first kappa shape index (κ1) is 17.1. The number of amides is 1. The highest BCUT2D eigenvalue weighted by Crippen LogP contribution is 2.31. The molecular formula is C21H18FN3O2. The SMILES string of the molecule is C[C@H]1COc2ccc(-c3cccc(F)c3)cc2CN1C(=O)c1ncccn1. The van der Waals surface area contributed by atoms with Crippen molar-refractivity contribution in [3.63, 3.8) is 0 Å². The summed E-state index contributed by atoms with van der Waals surface area (Å²) in [5.41, 5.74) is 2.51. The summed E-state index contributed by atoms with van der Waals surface area (Å²) in [5.74, 6) is 0.362. The minimum Gasteiger partial charge on any atom is -0.491 e. The van der Waals surface area contributed by atoms with Gasteiger partial charge in [0.15, 0.2) is 0 Å². The summed E-state index contributed by atoms with van der Waals surface area (Å²) in [4.78, 5) is 22.7. The lowest BCUT2D eigenvalue weighted by Crippen LogP contribution is -2.40. The highest BCUT2D eigenvalue weighted by atomic mass is 19.1. The van der Waals surface area contributed by atoms with E-state index < -0.39 is 0 Å². The van der Waals surface area contributed by atoms with Crippen LogP contribution in [0.2, 0.25) is 0 Å². The number of ether oxygens (including phenoxy) is 1. The van der Waals surface area contributed by atoms with Gasteiger partial charge in [-0.25, -0.2) is 14.4 Å². The molecular weight excluding hydrogens is 345 g/mol. The fourth-order valence-corrected chi connectivity index (χ4v) is 3.14. The van der Waals surface area contributed by atoms with Gasteiger partial charge in [-0.1, -0.05) is 18.2 Å². The minimum atomic E-state index is -0.287. The minimum absolute atomic E-state index is 0.133. The third-order valence-corrected chi connectivity index (χ3v) is 4.59. The number of carbonyl (C=O) groups excluding carboxylic acids is 1. The average Bonchev–Trinajstić information content (AvgIpc) is 2.86. The van der Waals surface area contributed by atoms with Crippen molar-refractivity contribution in [2.45, 2.75) is 19.5 Å². The largest absolute Gasteiger partial charge is 0.491 e. The Bertz CT molecular complexity index is 978. The lowest BCUT2D eigenvalue weighted by Gasteiger charge is -2.25. The molecule has 1 aromatic heterocycles. The van der Waals surface area contributed by atoms with Crippen molar-refractivity contribution in [2.24, 2.45) is 0 Å². The van der Waals surface area contributed by atoms with E-state index >= 15 is 0 Å². The Morgan fingerprint density at radius 3 is 2.67 bits per heavy atom. The summed E-state index contributed by atoms with van der Waals surface area (Å²) in [6.07, 6.45) is 3.10. The molecule has 3 aromatic rings. The second-order valence-corrected chi connectivity index (χ2v) is 6.50. The van der Waals surface area contributed by atoms with Gasteiger partial charge in [0.1, 0.15) is 18.2 Å². The maximum Gasteiger partial charge on any atom is 0.292 e. The fourth-order valence-electron chi connectivity index (χ4n) is 3.14. The van der Waals surface area contributed by atoms with Crippen LogP contribution in [0, 0.1) is 5.82 Å². The number of fused-ring (bicyclic) bond motifs is 1. The van der Waals surface area contributed by atoms with Crippen molar-refractivity contribution in [3.05, 3.63) is 78.1 Å². The number of hydrogen-bond donors (Lipinski definition) is 0. The number of rotatable bonds is 2. The van der Waals surface area contributed by atoms with Crippen LogP contribution >= 0.6 is 0 Å². The van der Waals surface area contributed by atoms with Gasteiger partial charge in [0.2, 0.25) is 5.82 Å². The van der Waals surface area contributed by atoms with Gasteiger partial charge >= 0.3 is 0 Å². The van der Waals surface area contributed by atoms with Crippen molar-refractivity contribution < 1.29 is 13.9 Å². The van der Waals surface area contributed by atoms with Crippen LogP contribution in [0.3, 0.4) is 0 Å². The summed E-state index contributed by atoms with van der Waals surface area (Å²) in [6, 6.07) is 13.7. The molecule has 0 radical (unpaired) electrons. The predicted octanol–water partition coefficient (Wildman–Crippen LogP) is 3.71. The normalized spacial score (nSPS) is 16.2. The number of hydrogen-bond acceptors (Lipinski definition) is 4. The molecule has 0 spiro atoms. The third kappa shape index (κ3) is 3.51. The Balaban J connectivity index is 1.68. The standard InChI is InChI=1S/C21H18FN3O2/c1-14-13-27-19-7-6-16(15-4-2-5-18(22)11-15)10-17(19)12-25(14)21(26)20-23-8-3-9-24-20/h2-11,14H,12-13H2,1H3/t14-/m0/s1. The van der Waals surface area contributed by atoms with Crippen LogP contribution in [-0.2, 0) is 6.54 Å². The average molecular weight is 363 g/mol. The molecule has 0 saturated heterocycles. The summed E-state index contributed by atoms with van der Waals surface area (Å²) < 4.78 is 19.5. The van der Waals surface area contributed by atoms with Crippen molar-refractivity contribution in [1.29, 1.82) is 0 Å². The second kappa shape index (κ2) is 7.15. The first-order valence-electron chi connectivity index (χ1n) is 8.71. The van der Waals surface area contributed by atoms with Crippen LogP contribution in [0.1, 0.15) is 23.1 Å². The van der Waals surface area contributed by atoms with E-state index in [0.29, 0.717) is 13.2 Å². The molecule has 4 rings (SSSR count). The molecule has 0 bridgehead atoms. The van der Waals surface area contributed by atoms with Crippen molar-refractivity contribution in [2.75, 3.05) is 6.61 Å². The van der Waals surface area contributed by atoms with Gasteiger partial charge < -0.3 is 9.64 Å². The summed E-state index contributed by atoms with van der Waals surface area (Å²) >= 11 is 0. The monoisotopic (exact) mass is 363 g/mol. The molecule has 0 N–H and O–H groups in total. The van der Waals surface area contributed by atoms with Crippen LogP contribution in [0.4, 0.5) is 4.39 Å². The Kier molecular flexibility index (Phi) is 4.54. The Labute approximate surface area is 156 Å². The Morgan fingerprint density at radius 1 is 1.11 bits per heavy atom. The van der Waals surface area contributed by atoms with E-state index in [1.54, 1.807) is 29.4 Å². The molecule has 1 aliphatic heterocycles. The van der Waals surface area contributed by atoms with E-state index in [1.807, 2.05) is 31.2 Å². The fraction of sp³-hybridized carbons (Fsp3) is 0.190. The molecule has 0 aliphatic carbocycles. The van der Waals surface area contributed by atoms with E-state index in [9.17, 15) is 9.18 Å². The lowest BCUT2D eigenvalue weighted by atomic mass is 10.0. The third-order valence-electron chi connectivity index (χ3n) is 4.59. The number of carbonyl (C=O) groups is 1. The summed E-state index contributed by atoms with van der Waals surface area (Å²) in [7, 11) is 0. The van der Waals surface area contributed by atoms with Gasteiger partial charge in [-0.2, -0.15) is 0 Å². The zero-order chi connectivity index (χ0) is 18.8. The molecule has 1 amide bonds. The van der Waals surface area contributed by atoms with E-state index in [2.05, 4.69) is 9.97 Å². The first-order valence-corrected chi connectivity index (χ1v) is 8.71. The summed E-state index contributed by atoms with van der Waals surface area (Å²) in [6.45, 7) is 2.68. The number of benzene rings is 2. The first-order chi connectivity index (χ1) is 13.1. The summed E-state index contributed by atoms with van der Waals surface area (Å²) in [5, 5.41) is 0. The van der Waals surface area contributed by atoms with Gasteiger partial charge in [-0.3, -0.25) is 4.79 Å². The maximum absolute atomic E-state index is 13.6. The molecule has 136 valence electrons. The van der Waals surface area contributed by atoms with Crippen LogP contribution in [0.25, 0.3) is 11.1 Å². The van der Waals surface area contributed by atoms with E-state index in [0.717, 1.165) is 22.4 Å². The van der Waals surface area contributed by atoms with Crippen molar-refractivity contribution in [3.8, 4) is 16.9 Å². The maximum atomic E-state index is 13.6. The smallest absolute Gasteiger partial charge is 0.292 e. The number of halogens is 1. The number of nitrogens with zero attached hydrogens (tertiary/aromatic N) is 3. The highest BCUT2D eigenvalue weighted by molar-refractivity contribution is 5.90. The van der Waals surface area contributed by atoms with Crippen LogP contribution in [0.15, 0.2) is 60.9 Å². The van der Waals surface area contributed by atoms with E-state index in [1.165, 1.54) is 12.1 Å². The molecule has 0 fully saturated rings. The zero-order valence-electron chi connectivity index (χ0n) is 14.8. The van der Waals surface area contributed by atoms with E-state index in [-0.39, 0.29) is 23.6 Å². The number of aromatic nitrogens is 2. The van der Waals surface area contributed by atoms with Crippen molar-refractivity contribution in [1.82, 2.24) is 14.9 Å². The van der Waals surface area contributed by atoms with Crippen LogP contribution < -0.4 is 4.74 Å². The van der Waals surface area contributed by atoms with Gasteiger partial charge in [0, 0.05) is 18.0 Å². The van der Waals surface area contributed by atoms with Gasteiger partial charge in [-0.05, 0) is 48.4 Å². The van der Waals surface area contributed by atoms with Crippen molar-refractivity contribution >= 4 is 5.91 Å². The highest BCUT2D eigenvalue weighted by Gasteiger charge is 2.28. The molecule has 0 unspecified atom stereocenters. The molecule has 1 aliphatic rings. The van der Waals surface area contributed by atoms with Crippen LogP contribution in [0.5, 0.6) is 5.75 Å². The zero-order valence-corrected chi connectivity index (χ0v) is 14.8. The molecule has 2 aromatic carbocycles. The molecule has 27 heavy (non-hydrogen) atoms. The second-order valence-electron chi connectivity index (χ2n) is 6.50. The quantitative estimate of drug-likeness (QED) is 0.697. The lowest BCUT2D eigenvalue weighted by molar-refractivity contribution is 0.0633. The Morgan fingerprint density at radius 2 is 1.89 bits per heavy atom. The molecule has 1 atom stereocenters. The molecule has 5 nitrogen and oxygen atoms in total. The van der Waals surface area contributed by atoms with Crippen LogP contribution in [-0.4, -0.2) is 33.4 Å². The Hall–Kier alpha value is -3.28. The molecule has 0 saturated carbocycles. The molecule has 6 heteroatoms. The molecule has 2 heterocycles. The van der Waals surface area contributed by atoms with Gasteiger partial charge in [0.25, 0.3) is 5.91 Å². The van der Waals surface area contributed by atoms with Gasteiger partial charge in [-0.15, -0.1) is 0 Å². The van der Waals surface area contributed by atoms with Gasteiger partial charge in [0.05, 0.1) is 12.6 Å². The topological polar surface area (TPSA) is 55.3 Å². The van der Waals surface area contributed by atoms with E-state index in [4.69, 9.17) is 4.74 Å².